The van der Waals surface area contributed by atoms with Crippen LogP contribution in [0.15, 0.2) is 0 Å². The van der Waals surface area contributed by atoms with Crippen molar-refractivity contribution in [2.24, 2.45) is 0 Å². The van der Waals surface area contributed by atoms with Crippen molar-refractivity contribution in [1.82, 2.24) is 0 Å². The molecule has 1 N–H and O–H groups in total. The highest BCUT2D eigenvalue weighted by molar-refractivity contribution is 5.62. The highest BCUT2D eigenvalue weighted by Crippen LogP contribution is 1.90. The third-order valence-electron chi connectivity index (χ3n) is 1.30. The van der Waals surface area contributed by atoms with Crippen molar-refractivity contribution in [2.75, 3.05) is 13.2 Å². The van der Waals surface area contributed by atoms with Crippen LogP contribution in [-0.2, 0) is 14.3 Å². The van der Waals surface area contributed by atoms with Crippen LogP contribution in [-0.4, -0.2) is 30.6 Å². The molecule has 16 heavy (non-hydrogen) atoms. The Morgan fingerprint density at radius 1 is 1.06 bits per heavy atom. The minimum Gasteiger partial charge on any atom is -0.481 e. The predicted octanol–water partition coefficient (Wildman–Crippen LogP) is 3.30. The Balaban J connectivity index is -0.000000179. The van der Waals surface area contributed by atoms with E-state index in [2.05, 4.69) is 13.8 Å². The van der Waals surface area contributed by atoms with E-state index < -0.39 is 5.97 Å². The first-order chi connectivity index (χ1) is 7.45. The summed E-state index contributed by atoms with van der Waals surface area (Å²) in [5.74, 6) is -0.833. The van der Waals surface area contributed by atoms with E-state index in [1.807, 2.05) is 20.8 Å². The highest BCUT2D eigenvalue weighted by Gasteiger charge is 1.94. The predicted molar refractivity (Wildman–Crippen MR) is 66.6 cm³/mol. The molecule has 4 heteroatoms. The van der Waals surface area contributed by atoms with E-state index in [-0.39, 0.29) is 6.29 Å². The zero-order chi connectivity index (χ0) is 13.4. The number of rotatable bonds is 5. The van der Waals surface area contributed by atoms with Crippen molar-refractivity contribution in [3.63, 3.8) is 0 Å². The number of carboxylic acids is 1. The van der Waals surface area contributed by atoms with E-state index in [4.69, 9.17) is 19.4 Å². The van der Waals surface area contributed by atoms with Gasteiger partial charge in [0.25, 0.3) is 5.97 Å². The Hall–Kier alpha value is -0.610. The van der Waals surface area contributed by atoms with Gasteiger partial charge in [-0.15, -0.1) is 0 Å². The summed E-state index contributed by atoms with van der Waals surface area (Å²) in [6.45, 7) is 12.7. The summed E-state index contributed by atoms with van der Waals surface area (Å²) in [6.07, 6.45) is 2.60. The van der Waals surface area contributed by atoms with Gasteiger partial charge in [-0.1, -0.05) is 26.7 Å². The van der Waals surface area contributed by atoms with Gasteiger partial charge in [0.15, 0.2) is 6.29 Å². The van der Waals surface area contributed by atoms with Crippen LogP contribution in [0.3, 0.4) is 0 Å². The Kier molecular flexibility index (Phi) is 25.8. The molecule has 0 aromatic rings. The molecule has 0 saturated heterocycles. The summed E-state index contributed by atoms with van der Waals surface area (Å²) in [5.41, 5.74) is 0. The molecule has 0 spiro atoms. The second-order valence-corrected chi connectivity index (χ2v) is 3.00. The Morgan fingerprint density at radius 3 is 1.44 bits per heavy atom. The zero-order valence-corrected chi connectivity index (χ0v) is 11.6. The number of carbonyl (C=O) groups is 1. The molecule has 0 rings (SSSR count). The first kappa shape index (κ1) is 20.8. The first-order valence-corrected chi connectivity index (χ1v) is 5.88. The fourth-order valence-corrected chi connectivity index (χ4v) is 0.518. The van der Waals surface area contributed by atoms with E-state index in [9.17, 15) is 0 Å². The van der Waals surface area contributed by atoms with Gasteiger partial charge in [-0.05, 0) is 20.8 Å². The molecule has 0 atom stereocenters. The number of unbranched alkanes of at least 4 members (excludes halogenated alkanes) is 1. The lowest BCUT2D eigenvalue weighted by molar-refractivity contribution is -0.134. The van der Waals surface area contributed by atoms with Crippen LogP contribution in [0.1, 0.15) is 54.4 Å². The molecule has 0 unspecified atom stereocenters. The van der Waals surface area contributed by atoms with Gasteiger partial charge in [0.2, 0.25) is 0 Å². The molecular formula is C12H28O4. The molecule has 0 aliphatic carbocycles. The van der Waals surface area contributed by atoms with E-state index >= 15 is 0 Å². The molecule has 4 nitrogen and oxygen atoms in total. The molecule has 0 heterocycles. The SMILES string of the molecule is CC(=O)O.CCCC.CCOC(C)OCC. The molecule has 0 amide bonds. The standard InChI is InChI=1S/C6H14O2.C4H10.C2H4O2/c1-4-7-6(3)8-5-2;1-3-4-2;1-2(3)4/h6H,4-5H2,1-3H3;3-4H2,1-2H3;1H3,(H,3,4). The molecule has 0 saturated carbocycles. The van der Waals surface area contributed by atoms with Gasteiger partial charge in [-0.2, -0.15) is 0 Å². The number of ether oxygens (including phenoxy) is 2. The van der Waals surface area contributed by atoms with Crippen molar-refractivity contribution >= 4 is 5.97 Å². The summed E-state index contributed by atoms with van der Waals surface area (Å²) in [7, 11) is 0. The van der Waals surface area contributed by atoms with E-state index in [1.54, 1.807) is 0 Å². The molecule has 0 aliphatic rings. The van der Waals surface area contributed by atoms with Gasteiger partial charge in [0, 0.05) is 20.1 Å². The monoisotopic (exact) mass is 236 g/mol. The van der Waals surface area contributed by atoms with E-state index in [1.165, 1.54) is 12.8 Å². The van der Waals surface area contributed by atoms with Gasteiger partial charge >= 0.3 is 0 Å². The number of hydrogen-bond acceptors (Lipinski definition) is 3. The molecule has 0 aromatic heterocycles. The molecular weight excluding hydrogens is 208 g/mol. The van der Waals surface area contributed by atoms with Gasteiger partial charge in [-0.3, -0.25) is 4.79 Å². The largest absolute Gasteiger partial charge is 0.481 e. The summed E-state index contributed by atoms with van der Waals surface area (Å²) < 4.78 is 10.1. The van der Waals surface area contributed by atoms with Crippen LogP contribution in [0.25, 0.3) is 0 Å². The third kappa shape index (κ3) is 50.3. The van der Waals surface area contributed by atoms with Crippen LogP contribution >= 0.6 is 0 Å². The lowest BCUT2D eigenvalue weighted by atomic mass is 10.4. The zero-order valence-electron chi connectivity index (χ0n) is 11.6. The lowest BCUT2D eigenvalue weighted by Crippen LogP contribution is -2.11. The maximum atomic E-state index is 9.00. The van der Waals surface area contributed by atoms with Crippen LogP contribution in [0.4, 0.5) is 0 Å². The summed E-state index contributed by atoms with van der Waals surface area (Å²) in [6, 6.07) is 0. The number of carboxylic acid groups (broad SMARTS) is 1. The van der Waals surface area contributed by atoms with Gasteiger partial charge in [0.1, 0.15) is 0 Å². The van der Waals surface area contributed by atoms with Crippen LogP contribution in [0.5, 0.6) is 0 Å². The molecule has 0 fully saturated rings. The molecule has 0 aromatic carbocycles. The minimum atomic E-state index is -0.833. The fourth-order valence-electron chi connectivity index (χ4n) is 0.518. The molecule has 0 aliphatic heterocycles. The van der Waals surface area contributed by atoms with E-state index in [0.29, 0.717) is 0 Å². The summed E-state index contributed by atoms with van der Waals surface area (Å²) in [5, 5.41) is 7.42. The smallest absolute Gasteiger partial charge is 0.300 e. The van der Waals surface area contributed by atoms with Crippen LogP contribution in [0, 0.1) is 0 Å². The molecule has 0 bridgehead atoms. The van der Waals surface area contributed by atoms with Crippen molar-refractivity contribution in [1.29, 1.82) is 0 Å². The summed E-state index contributed by atoms with van der Waals surface area (Å²) in [4.78, 5) is 9.00. The number of aliphatic carboxylic acids is 1. The molecule has 0 radical (unpaired) electrons. The Labute approximate surface area is 99.9 Å². The van der Waals surface area contributed by atoms with Crippen LogP contribution in [0.2, 0.25) is 0 Å². The molecule has 100 valence electrons. The maximum Gasteiger partial charge on any atom is 0.300 e. The fraction of sp³-hybridized carbons (Fsp3) is 0.917. The highest BCUT2D eigenvalue weighted by atomic mass is 16.7. The van der Waals surface area contributed by atoms with Gasteiger partial charge in [0.05, 0.1) is 0 Å². The maximum absolute atomic E-state index is 9.00. The Morgan fingerprint density at radius 2 is 1.31 bits per heavy atom. The average Bonchev–Trinajstić information content (AvgIpc) is 2.18. The second-order valence-electron chi connectivity index (χ2n) is 3.00. The van der Waals surface area contributed by atoms with E-state index in [0.717, 1.165) is 20.1 Å². The van der Waals surface area contributed by atoms with Crippen molar-refractivity contribution in [3.05, 3.63) is 0 Å². The summed E-state index contributed by atoms with van der Waals surface area (Å²) >= 11 is 0. The second kappa shape index (κ2) is 19.9. The van der Waals surface area contributed by atoms with Crippen LogP contribution < -0.4 is 0 Å². The first-order valence-electron chi connectivity index (χ1n) is 5.88. The Bertz CT molecular complexity index is 114. The quantitative estimate of drug-likeness (QED) is 0.744. The van der Waals surface area contributed by atoms with Crippen molar-refractivity contribution in [2.45, 2.75) is 60.7 Å². The number of hydrogen-bond donors (Lipinski definition) is 1. The van der Waals surface area contributed by atoms with Gasteiger partial charge in [-0.25, -0.2) is 0 Å². The van der Waals surface area contributed by atoms with Gasteiger partial charge < -0.3 is 14.6 Å². The lowest BCUT2D eigenvalue weighted by Gasteiger charge is -2.09. The minimum absolute atomic E-state index is 0.0370. The average molecular weight is 236 g/mol. The topological polar surface area (TPSA) is 55.8 Å². The van der Waals surface area contributed by atoms with Crippen molar-refractivity contribution < 1.29 is 19.4 Å². The third-order valence-corrected chi connectivity index (χ3v) is 1.30. The van der Waals surface area contributed by atoms with Crippen molar-refractivity contribution in [3.8, 4) is 0 Å². The normalized spacial score (nSPS) is 8.69.